The van der Waals surface area contributed by atoms with Gasteiger partial charge < -0.3 is 9.67 Å². The Balaban J connectivity index is 1.66. The topological polar surface area (TPSA) is 104 Å². The zero-order chi connectivity index (χ0) is 17.9. The van der Waals surface area contributed by atoms with E-state index in [4.69, 9.17) is 0 Å². The van der Waals surface area contributed by atoms with Gasteiger partial charge in [-0.1, -0.05) is 24.6 Å². The molecular weight excluding hydrogens is 344 g/mol. The van der Waals surface area contributed by atoms with Gasteiger partial charge in [0.25, 0.3) is 10.2 Å². The van der Waals surface area contributed by atoms with E-state index >= 15 is 0 Å². The van der Waals surface area contributed by atoms with Gasteiger partial charge in [0.05, 0.1) is 0 Å². The molecule has 2 aromatic rings. The van der Waals surface area contributed by atoms with Gasteiger partial charge in [-0.3, -0.25) is 0 Å². The minimum Gasteiger partial charge on any atom is -0.477 e. The number of piperidine rings is 1. The summed E-state index contributed by atoms with van der Waals surface area (Å²) < 4.78 is 28.3. The van der Waals surface area contributed by atoms with Crippen LogP contribution in [0.25, 0.3) is 10.9 Å². The summed E-state index contributed by atoms with van der Waals surface area (Å²) in [5, 5.41) is 11.9. The Morgan fingerprint density at radius 3 is 2.60 bits per heavy atom. The van der Waals surface area contributed by atoms with Crippen molar-refractivity contribution >= 4 is 27.1 Å². The number of para-hydroxylation sites is 1. The molecule has 1 fully saturated rings. The van der Waals surface area contributed by atoms with Crippen LogP contribution in [0.15, 0.2) is 30.3 Å². The average molecular weight is 366 g/mol. The van der Waals surface area contributed by atoms with Crippen molar-refractivity contribution in [2.45, 2.75) is 25.8 Å². The molecule has 0 bridgehead atoms. The highest BCUT2D eigenvalue weighted by Crippen LogP contribution is 2.19. The zero-order valence-corrected chi connectivity index (χ0v) is 14.6. The van der Waals surface area contributed by atoms with E-state index in [1.54, 1.807) is 15.6 Å². The Morgan fingerprint density at radius 1 is 1.16 bits per heavy atom. The van der Waals surface area contributed by atoms with E-state index in [9.17, 15) is 18.3 Å². The fourth-order valence-electron chi connectivity index (χ4n) is 3.11. The van der Waals surface area contributed by atoms with Crippen molar-refractivity contribution in [1.29, 1.82) is 0 Å². The van der Waals surface area contributed by atoms with E-state index < -0.39 is 16.2 Å². The van der Waals surface area contributed by atoms with Crippen molar-refractivity contribution in [3.63, 3.8) is 0 Å². The van der Waals surface area contributed by atoms with Crippen molar-refractivity contribution < 1.29 is 18.3 Å². The van der Waals surface area contributed by atoms with Gasteiger partial charge in [-0.25, -0.2) is 9.80 Å². The molecule has 1 aromatic carbocycles. The number of aromatic carboxylic acids is 1. The van der Waals surface area contributed by atoms with Crippen LogP contribution in [0.3, 0.4) is 0 Å². The molecule has 3 rings (SSSR count). The van der Waals surface area contributed by atoms with Gasteiger partial charge in [0.2, 0.25) is 0 Å². The monoisotopic (exact) mass is 366 g/mol. The third kappa shape index (κ3) is 4.37. The van der Waals surface area contributed by atoms with Crippen LogP contribution >= 0.6 is 0 Å². The highest BCUT2D eigenvalue weighted by atomic mass is 32.2. The molecule has 0 aliphatic carbocycles. The molecule has 0 unspecified atom stereocenters. The minimum atomic E-state index is -3.66. The first kappa shape index (κ1) is 17.9. The van der Waals surface area contributed by atoms with Crippen LogP contribution in [0, 0.1) is 0 Å². The van der Waals surface area contributed by atoms with Crippen molar-refractivity contribution in [2.75, 3.05) is 19.6 Å². The van der Waals surface area contributed by atoms with Crippen LogP contribution in [0.4, 0.5) is 0 Å². The molecule has 8 nitrogen and oxygen atoms in total. The van der Waals surface area contributed by atoms with E-state index in [2.05, 4.69) is 9.55 Å². The highest BCUT2D eigenvalue weighted by Gasteiger charge is 2.18. The molecule has 0 spiro atoms. The Labute approximate surface area is 146 Å². The lowest BCUT2D eigenvalue weighted by Crippen LogP contribution is -2.50. The number of benzene rings is 1. The third-order valence-electron chi connectivity index (χ3n) is 4.26. The number of nitrogens with one attached hydrogen (secondary N) is 2. The van der Waals surface area contributed by atoms with Gasteiger partial charge >= 0.3 is 5.97 Å². The first-order valence-corrected chi connectivity index (χ1v) is 9.78. The molecule has 1 saturated heterocycles. The lowest BCUT2D eigenvalue weighted by atomic mass is 10.2. The lowest BCUT2D eigenvalue weighted by Gasteiger charge is -2.26. The standard InChI is InChI=1S/C16H22N4O4S/c21-16(22)15-12-13-6-2-3-7-14(13)20(15)11-8-17-25(23,24)18-19-9-4-1-5-10-19/h2-3,6-7,12,17-18H,1,4-5,8-11H2,(H,21,22). The van der Waals surface area contributed by atoms with Gasteiger partial charge in [-0.2, -0.15) is 13.1 Å². The largest absolute Gasteiger partial charge is 0.477 e. The number of rotatable bonds is 7. The molecule has 25 heavy (non-hydrogen) atoms. The SMILES string of the molecule is O=C(O)c1cc2ccccc2n1CCNS(=O)(=O)NN1CCCCC1. The number of carboxylic acids is 1. The van der Waals surface area contributed by atoms with Crippen molar-refractivity contribution in [3.8, 4) is 0 Å². The minimum absolute atomic E-state index is 0.0993. The molecule has 136 valence electrons. The predicted octanol–water partition coefficient (Wildman–Crippen LogP) is 1.16. The second-order valence-corrected chi connectivity index (χ2v) is 7.56. The predicted molar refractivity (Wildman–Crippen MR) is 94.4 cm³/mol. The Morgan fingerprint density at radius 2 is 1.88 bits per heavy atom. The fourth-order valence-corrected chi connectivity index (χ4v) is 4.05. The summed E-state index contributed by atoms with van der Waals surface area (Å²) in [5.74, 6) is -1.04. The molecule has 3 N–H and O–H groups in total. The first-order valence-electron chi connectivity index (χ1n) is 8.30. The molecule has 2 heterocycles. The molecule has 1 aliphatic rings. The third-order valence-corrected chi connectivity index (χ3v) is 5.35. The van der Waals surface area contributed by atoms with Crippen LogP contribution in [0.1, 0.15) is 29.8 Å². The number of hydrogen-bond donors (Lipinski definition) is 3. The Kier molecular flexibility index (Phi) is 5.38. The summed E-state index contributed by atoms with van der Waals surface area (Å²) in [6.45, 7) is 1.73. The molecule has 9 heteroatoms. The van der Waals surface area contributed by atoms with Crippen molar-refractivity contribution in [1.82, 2.24) is 19.1 Å². The van der Waals surface area contributed by atoms with E-state index in [0.717, 1.165) is 30.2 Å². The number of carbonyl (C=O) groups is 1. The summed E-state index contributed by atoms with van der Waals surface area (Å²) >= 11 is 0. The molecule has 0 atom stereocenters. The highest BCUT2D eigenvalue weighted by molar-refractivity contribution is 7.87. The van der Waals surface area contributed by atoms with Crippen molar-refractivity contribution in [2.24, 2.45) is 0 Å². The molecule has 1 aromatic heterocycles. The van der Waals surface area contributed by atoms with Crippen LogP contribution in [0.2, 0.25) is 0 Å². The van der Waals surface area contributed by atoms with E-state index in [1.165, 1.54) is 0 Å². The lowest BCUT2D eigenvalue weighted by molar-refractivity contribution is 0.0685. The van der Waals surface area contributed by atoms with E-state index in [-0.39, 0.29) is 18.8 Å². The van der Waals surface area contributed by atoms with Crippen LogP contribution in [-0.2, 0) is 16.8 Å². The first-order chi connectivity index (χ1) is 12.0. The second-order valence-electron chi connectivity index (χ2n) is 6.08. The Bertz CT molecular complexity index is 856. The van der Waals surface area contributed by atoms with Crippen LogP contribution in [0.5, 0.6) is 0 Å². The number of hydrazine groups is 1. The quantitative estimate of drug-likeness (QED) is 0.682. The zero-order valence-electron chi connectivity index (χ0n) is 13.8. The molecule has 0 amide bonds. The summed E-state index contributed by atoms with van der Waals surface area (Å²) in [6.07, 6.45) is 3.06. The number of fused-ring (bicyclic) bond motifs is 1. The second kappa shape index (κ2) is 7.52. The molecular formula is C16H22N4O4S. The number of carboxylic acid groups (broad SMARTS) is 1. The van der Waals surface area contributed by atoms with Gasteiger partial charge in [-0.15, -0.1) is 4.83 Å². The van der Waals surface area contributed by atoms with Crippen LogP contribution < -0.4 is 9.55 Å². The summed E-state index contributed by atoms with van der Waals surface area (Å²) in [7, 11) is -3.66. The number of hydrogen-bond acceptors (Lipinski definition) is 4. The van der Waals surface area contributed by atoms with Gasteiger partial charge in [0.15, 0.2) is 0 Å². The molecule has 0 radical (unpaired) electrons. The molecule has 1 aliphatic heterocycles. The molecule has 0 saturated carbocycles. The maximum atomic E-state index is 12.1. The summed E-state index contributed by atoms with van der Waals surface area (Å²) in [4.78, 5) is 14.0. The maximum Gasteiger partial charge on any atom is 0.352 e. The smallest absolute Gasteiger partial charge is 0.352 e. The maximum absolute atomic E-state index is 12.1. The van der Waals surface area contributed by atoms with Gasteiger partial charge in [0, 0.05) is 37.1 Å². The summed E-state index contributed by atoms with van der Waals surface area (Å²) in [5.41, 5.74) is 0.910. The van der Waals surface area contributed by atoms with Gasteiger partial charge in [-0.05, 0) is 25.0 Å². The average Bonchev–Trinajstić information content (AvgIpc) is 2.94. The van der Waals surface area contributed by atoms with Crippen LogP contribution in [-0.4, -0.2) is 48.7 Å². The van der Waals surface area contributed by atoms with E-state index in [1.807, 2.05) is 24.3 Å². The fraction of sp³-hybridized carbons (Fsp3) is 0.438. The van der Waals surface area contributed by atoms with E-state index in [0.29, 0.717) is 13.1 Å². The summed E-state index contributed by atoms with van der Waals surface area (Å²) in [6, 6.07) is 8.91. The van der Waals surface area contributed by atoms with Crippen molar-refractivity contribution in [3.05, 3.63) is 36.0 Å². The van der Waals surface area contributed by atoms with Gasteiger partial charge in [0.1, 0.15) is 5.69 Å². The number of nitrogens with zero attached hydrogens (tertiary/aromatic N) is 2. The normalized spacial score (nSPS) is 16.3. The number of aromatic nitrogens is 1. The Hall–Kier alpha value is -1.94.